The monoisotopic (exact) mass is 372 g/mol. The molecule has 1 aliphatic rings. The lowest BCUT2D eigenvalue weighted by Crippen LogP contribution is -2.40. The summed E-state index contributed by atoms with van der Waals surface area (Å²) in [5.74, 6) is -1.30. The number of nitrogens with one attached hydrogen (secondary N) is 1. The molecule has 0 aromatic heterocycles. The number of ether oxygens (including phenoxy) is 2. The summed E-state index contributed by atoms with van der Waals surface area (Å²) < 4.78 is 35.7. The van der Waals surface area contributed by atoms with E-state index >= 15 is 0 Å². The Morgan fingerprint density at radius 1 is 1.28 bits per heavy atom. The minimum Gasteiger partial charge on any atom is -0.493 e. The van der Waals surface area contributed by atoms with Crippen molar-refractivity contribution < 1.29 is 32.6 Å². The van der Waals surface area contributed by atoms with Gasteiger partial charge in [0.25, 0.3) is 5.91 Å². The van der Waals surface area contributed by atoms with Gasteiger partial charge in [-0.1, -0.05) is 0 Å². The number of benzene rings is 1. The molecule has 138 valence electrons. The Bertz CT molecular complexity index is 791. The minimum atomic E-state index is -3.63. The molecule has 1 saturated heterocycles. The highest BCUT2D eigenvalue weighted by Crippen LogP contribution is 2.38. The van der Waals surface area contributed by atoms with Gasteiger partial charge in [-0.05, 0) is 25.0 Å². The van der Waals surface area contributed by atoms with Crippen LogP contribution in [0.25, 0.3) is 0 Å². The Morgan fingerprint density at radius 2 is 1.96 bits per heavy atom. The van der Waals surface area contributed by atoms with E-state index in [0.717, 1.165) is 6.26 Å². The van der Waals surface area contributed by atoms with Gasteiger partial charge in [-0.15, -0.1) is 0 Å². The molecule has 0 spiro atoms. The van der Waals surface area contributed by atoms with Crippen molar-refractivity contribution in [2.45, 2.75) is 18.9 Å². The summed E-state index contributed by atoms with van der Waals surface area (Å²) in [6.07, 6.45) is 1.93. The van der Waals surface area contributed by atoms with E-state index in [9.17, 15) is 23.1 Å². The number of rotatable bonds is 6. The minimum absolute atomic E-state index is 0.0405. The van der Waals surface area contributed by atoms with Gasteiger partial charge >= 0.3 is 5.97 Å². The Balaban J connectivity index is 2.48. The summed E-state index contributed by atoms with van der Waals surface area (Å²) in [5.41, 5.74) is 0.149. The molecule has 10 heteroatoms. The lowest BCUT2D eigenvalue weighted by atomic mass is 10.1. The van der Waals surface area contributed by atoms with Gasteiger partial charge in [0.15, 0.2) is 11.5 Å². The fourth-order valence-electron chi connectivity index (χ4n) is 2.80. The first-order valence-corrected chi connectivity index (χ1v) is 9.34. The zero-order valence-electron chi connectivity index (χ0n) is 14.1. The van der Waals surface area contributed by atoms with Gasteiger partial charge in [0, 0.05) is 12.1 Å². The first-order chi connectivity index (χ1) is 11.7. The van der Waals surface area contributed by atoms with E-state index in [4.69, 9.17) is 9.47 Å². The zero-order chi connectivity index (χ0) is 18.8. The van der Waals surface area contributed by atoms with Crippen LogP contribution in [-0.4, -0.2) is 63.4 Å². The van der Waals surface area contributed by atoms with Crippen LogP contribution in [0, 0.1) is 0 Å². The number of hydrogen-bond acceptors (Lipinski definition) is 6. The molecule has 0 radical (unpaired) electrons. The molecule has 1 aromatic carbocycles. The Labute approximate surface area is 145 Å². The highest BCUT2D eigenvalue weighted by molar-refractivity contribution is 7.92. The Morgan fingerprint density at radius 3 is 2.48 bits per heavy atom. The van der Waals surface area contributed by atoms with Crippen molar-refractivity contribution in [2.75, 3.05) is 31.7 Å². The van der Waals surface area contributed by atoms with E-state index in [2.05, 4.69) is 4.72 Å². The maximum atomic E-state index is 12.7. The smallest absolute Gasteiger partial charge is 0.326 e. The molecular weight excluding hydrogens is 352 g/mol. The van der Waals surface area contributed by atoms with Crippen LogP contribution in [0.4, 0.5) is 5.69 Å². The predicted octanol–water partition coefficient (Wildman–Crippen LogP) is 0.764. The Hall–Kier alpha value is -2.49. The molecule has 2 rings (SSSR count). The number of anilines is 1. The molecule has 0 saturated carbocycles. The van der Waals surface area contributed by atoms with Gasteiger partial charge in [0.05, 0.1) is 26.2 Å². The first-order valence-electron chi connectivity index (χ1n) is 7.45. The van der Waals surface area contributed by atoms with E-state index in [-0.39, 0.29) is 22.7 Å². The van der Waals surface area contributed by atoms with Crippen LogP contribution >= 0.6 is 0 Å². The lowest BCUT2D eigenvalue weighted by molar-refractivity contribution is -0.141. The van der Waals surface area contributed by atoms with Gasteiger partial charge in [-0.2, -0.15) is 0 Å². The number of nitrogens with zero attached hydrogens (tertiary/aromatic N) is 1. The number of carboxylic acid groups (broad SMARTS) is 1. The maximum Gasteiger partial charge on any atom is 0.326 e. The van der Waals surface area contributed by atoms with Crippen LogP contribution in [0.15, 0.2) is 12.1 Å². The second-order valence-electron chi connectivity index (χ2n) is 5.63. The molecule has 0 bridgehead atoms. The third-order valence-electron chi connectivity index (χ3n) is 3.82. The molecule has 1 aliphatic heterocycles. The van der Waals surface area contributed by atoms with Crippen LogP contribution in [0.5, 0.6) is 11.5 Å². The summed E-state index contributed by atoms with van der Waals surface area (Å²) in [4.78, 5) is 25.3. The van der Waals surface area contributed by atoms with Crippen LogP contribution in [0.2, 0.25) is 0 Å². The standard InChI is InChI=1S/C15H20N2O7S/c1-23-12-8-9(7-10(13(12)24-2)16-25(3,21)22)14(18)17-6-4-5-11(17)15(19)20/h7-8,11,16H,4-6H2,1-3H3,(H,19,20)/t11-/m0/s1. The Kier molecular flexibility index (Phi) is 5.41. The van der Waals surface area contributed by atoms with Gasteiger partial charge < -0.3 is 19.5 Å². The number of methoxy groups -OCH3 is 2. The van der Waals surface area contributed by atoms with E-state index in [1.165, 1.54) is 31.3 Å². The van der Waals surface area contributed by atoms with Crippen molar-refractivity contribution in [2.24, 2.45) is 0 Å². The van der Waals surface area contributed by atoms with E-state index in [0.29, 0.717) is 19.4 Å². The molecule has 1 fully saturated rings. The number of carboxylic acids is 1. The molecule has 0 unspecified atom stereocenters. The average molecular weight is 372 g/mol. The molecule has 1 amide bonds. The number of likely N-dealkylation sites (tertiary alicyclic amines) is 1. The second kappa shape index (κ2) is 7.18. The first kappa shape index (κ1) is 18.8. The number of sulfonamides is 1. The zero-order valence-corrected chi connectivity index (χ0v) is 14.9. The predicted molar refractivity (Wildman–Crippen MR) is 89.7 cm³/mol. The highest BCUT2D eigenvalue weighted by atomic mass is 32.2. The van der Waals surface area contributed by atoms with Gasteiger partial charge in [-0.25, -0.2) is 13.2 Å². The van der Waals surface area contributed by atoms with Gasteiger partial charge in [-0.3, -0.25) is 9.52 Å². The normalized spacial score (nSPS) is 17.2. The lowest BCUT2D eigenvalue weighted by Gasteiger charge is -2.22. The van der Waals surface area contributed by atoms with E-state index in [1.54, 1.807) is 0 Å². The number of amides is 1. The van der Waals surface area contributed by atoms with E-state index < -0.39 is 27.9 Å². The molecule has 1 heterocycles. The molecule has 25 heavy (non-hydrogen) atoms. The summed E-state index contributed by atoms with van der Waals surface area (Å²) in [6.45, 7) is 0.318. The third kappa shape index (κ3) is 4.13. The van der Waals surface area contributed by atoms with Crippen molar-refractivity contribution in [1.29, 1.82) is 0 Å². The number of hydrogen-bond donors (Lipinski definition) is 2. The van der Waals surface area contributed by atoms with Crippen molar-refractivity contribution in [1.82, 2.24) is 4.90 Å². The molecular formula is C15H20N2O7S. The van der Waals surface area contributed by atoms with Crippen LogP contribution < -0.4 is 14.2 Å². The SMILES string of the molecule is COc1cc(C(=O)N2CCC[C@H]2C(=O)O)cc(NS(C)(=O)=O)c1OC. The molecule has 1 aromatic rings. The molecule has 9 nitrogen and oxygen atoms in total. The summed E-state index contributed by atoms with van der Waals surface area (Å²) >= 11 is 0. The number of aliphatic carboxylic acids is 1. The molecule has 0 aliphatic carbocycles. The van der Waals surface area contributed by atoms with Crippen LogP contribution in [-0.2, 0) is 14.8 Å². The number of carbonyl (C=O) groups excluding carboxylic acids is 1. The van der Waals surface area contributed by atoms with Crippen molar-refractivity contribution in [3.63, 3.8) is 0 Å². The fraction of sp³-hybridized carbons (Fsp3) is 0.467. The molecule has 2 N–H and O–H groups in total. The van der Waals surface area contributed by atoms with Crippen LogP contribution in [0.1, 0.15) is 23.2 Å². The topological polar surface area (TPSA) is 122 Å². The summed E-state index contributed by atoms with van der Waals surface area (Å²) in [5, 5.41) is 9.24. The van der Waals surface area contributed by atoms with Crippen LogP contribution in [0.3, 0.4) is 0 Å². The fourth-order valence-corrected chi connectivity index (χ4v) is 3.35. The largest absolute Gasteiger partial charge is 0.493 e. The quantitative estimate of drug-likeness (QED) is 0.756. The second-order valence-corrected chi connectivity index (χ2v) is 7.38. The summed E-state index contributed by atoms with van der Waals surface area (Å²) in [6, 6.07) is 1.81. The maximum absolute atomic E-state index is 12.7. The van der Waals surface area contributed by atoms with Crippen molar-refractivity contribution in [3.8, 4) is 11.5 Å². The van der Waals surface area contributed by atoms with Crippen molar-refractivity contribution in [3.05, 3.63) is 17.7 Å². The summed E-state index contributed by atoms with van der Waals surface area (Å²) in [7, 11) is -0.931. The number of carbonyl (C=O) groups is 2. The third-order valence-corrected chi connectivity index (χ3v) is 4.41. The van der Waals surface area contributed by atoms with Gasteiger partial charge in [0.2, 0.25) is 10.0 Å². The molecule has 1 atom stereocenters. The van der Waals surface area contributed by atoms with Gasteiger partial charge in [0.1, 0.15) is 6.04 Å². The van der Waals surface area contributed by atoms with E-state index in [1.807, 2.05) is 0 Å². The van der Waals surface area contributed by atoms with Crippen molar-refractivity contribution >= 4 is 27.6 Å². The average Bonchev–Trinajstić information content (AvgIpc) is 3.01. The highest BCUT2D eigenvalue weighted by Gasteiger charge is 2.35.